The number of hydrogen-bond donors (Lipinski definition) is 1. The normalized spacial score (nSPS) is 15.0. The largest absolute Gasteiger partial charge is 0.393 e. The molecule has 1 aromatic carbocycles. The van der Waals surface area contributed by atoms with Crippen molar-refractivity contribution in [2.75, 3.05) is 0 Å². The Hall–Kier alpha value is -0.410. The van der Waals surface area contributed by atoms with E-state index in [9.17, 15) is 9.50 Å². The third-order valence-electron chi connectivity index (χ3n) is 2.61. The Morgan fingerprint density at radius 2 is 2.13 bits per heavy atom. The monoisotopic (exact) mass is 274 g/mol. The highest BCUT2D eigenvalue weighted by molar-refractivity contribution is 9.10. The highest BCUT2D eigenvalue weighted by atomic mass is 79.9. The smallest absolute Gasteiger partial charge is 0.127 e. The quantitative estimate of drug-likeness (QED) is 0.884. The van der Waals surface area contributed by atoms with Crippen LogP contribution in [-0.4, -0.2) is 11.2 Å². The van der Waals surface area contributed by atoms with Gasteiger partial charge in [0.1, 0.15) is 5.82 Å². The lowest BCUT2D eigenvalue weighted by Crippen LogP contribution is -2.16. The van der Waals surface area contributed by atoms with Gasteiger partial charge >= 0.3 is 0 Å². The Morgan fingerprint density at radius 3 is 2.67 bits per heavy atom. The molecule has 84 valence electrons. The predicted molar refractivity (Wildman–Crippen MR) is 63.4 cm³/mol. The van der Waals surface area contributed by atoms with Gasteiger partial charge in [0.15, 0.2) is 0 Å². The number of aliphatic hydroxyl groups excluding tert-OH is 1. The van der Waals surface area contributed by atoms with E-state index < -0.39 is 6.10 Å². The summed E-state index contributed by atoms with van der Waals surface area (Å²) < 4.78 is 14.3. The van der Waals surface area contributed by atoms with Crippen LogP contribution in [0.3, 0.4) is 0 Å². The van der Waals surface area contributed by atoms with Crippen LogP contribution < -0.4 is 0 Å². The van der Waals surface area contributed by atoms with Gasteiger partial charge in [0.25, 0.3) is 0 Å². The molecule has 0 radical (unpaired) electrons. The summed E-state index contributed by atoms with van der Waals surface area (Å²) in [5.74, 6) is -0.412. The molecule has 0 aliphatic heterocycles. The first-order valence-electron chi connectivity index (χ1n) is 5.19. The van der Waals surface area contributed by atoms with Crippen LogP contribution in [0.5, 0.6) is 0 Å². The van der Waals surface area contributed by atoms with Crippen molar-refractivity contribution < 1.29 is 9.50 Å². The van der Waals surface area contributed by atoms with Gasteiger partial charge in [-0.25, -0.2) is 4.39 Å². The fourth-order valence-electron chi connectivity index (χ4n) is 1.62. The molecule has 1 rings (SSSR count). The lowest BCUT2D eigenvalue weighted by Gasteiger charge is -2.19. The Bertz CT molecular complexity index is 327. The van der Waals surface area contributed by atoms with Gasteiger partial charge < -0.3 is 5.11 Å². The lowest BCUT2D eigenvalue weighted by atomic mass is 9.92. The Labute approximate surface area is 98.4 Å². The summed E-state index contributed by atoms with van der Waals surface area (Å²) in [4.78, 5) is 0. The molecule has 0 saturated carbocycles. The molecular formula is C12H16BrFO. The maximum Gasteiger partial charge on any atom is 0.127 e. The summed E-state index contributed by atoms with van der Waals surface area (Å²) in [6.45, 7) is 3.86. The highest BCUT2D eigenvalue weighted by Crippen LogP contribution is 2.26. The van der Waals surface area contributed by atoms with Crippen molar-refractivity contribution in [2.24, 2.45) is 0 Å². The van der Waals surface area contributed by atoms with Crippen LogP contribution >= 0.6 is 15.9 Å². The van der Waals surface area contributed by atoms with E-state index in [4.69, 9.17) is 0 Å². The van der Waals surface area contributed by atoms with Crippen LogP contribution in [0, 0.1) is 5.82 Å². The molecule has 1 aromatic rings. The third-order valence-corrected chi connectivity index (χ3v) is 3.11. The molecule has 2 unspecified atom stereocenters. The maximum absolute atomic E-state index is 13.6. The fraction of sp³-hybridized carbons (Fsp3) is 0.500. The van der Waals surface area contributed by atoms with Crippen molar-refractivity contribution in [3.05, 3.63) is 34.1 Å². The van der Waals surface area contributed by atoms with Crippen molar-refractivity contribution in [1.82, 2.24) is 0 Å². The maximum atomic E-state index is 13.6. The number of hydrogen-bond acceptors (Lipinski definition) is 1. The number of aliphatic hydroxyl groups is 1. The lowest BCUT2D eigenvalue weighted by molar-refractivity contribution is 0.137. The van der Waals surface area contributed by atoms with Crippen LogP contribution in [0.4, 0.5) is 4.39 Å². The molecule has 15 heavy (non-hydrogen) atoms. The van der Waals surface area contributed by atoms with E-state index in [1.807, 2.05) is 13.8 Å². The summed E-state index contributed by atoms with van der Waals surface area (Å²) in [7, 11) is 0. The Balaban J connectivity index is 2.86. The molecule has 0 amide bonds. The molecule has 0 bridgehead atoms. The van der Waals surface area contributed by atoms with Gasteiger partial charge in [-0.3, -0.25) is 0 Å². The number of rotatable bonds is 4. The average Bonchev–Trinajstić information content (AvgIpc) is 2.17. The molecular weight excluding hydrogens is 259 g/mol. The van der Waals surface area contributed by atoms with Crippen LogP contribution in [0.15, 0.2) is 22.7 Å². The van der Waals surface area contributed by atoms with E-state index in [0.717, 1.165) is 10.9 Å². The second-order valence-corrected chi connectivity index (χ2v) is 4.73. The molecule has 0 fully saturated rings. The van der Waals surface area contributed by atoms with E-state index in [2.05, 4.69) is 15.9 Å². The molecule has 0 heterocycles. The van der Waals surface area contributed by atoms with Crippen LogP contribution in [0.25, 0.3) is 0 Å². The van der Waals surface area contributed by atoms with Crippen molar-refractivity contribution in [3.63, 3.8) is 0 Å². The van der Waals surface area contributed by atoms with Crippen LogP contribution in [0.2, 0.25) is 0 Å². The van der Waals surface area contributed by atoms with Crippen molar-refractivity contribution >= 4 is 15.9 Å². The molecule has 0 spiro atoms. The van der Waals surface area contributed by atoms with Crippen LogP contribution in [-0.2, 0) is 0 Å². The first-order chi connectivity index (χ1) is 7.06. The highest BCUT2D eigenvalue weighted by Gasteiger charge is 2.18. The summed E-state index contributed by atoms with van der Waals surface area (Å²) in [5.41, 5.74) is 0.583. The van der Waals surface area contributed by atoms with Gasteiger partial charge in [0.05, 0.1) is 6.10 Å². The topological polar surface area (TPSA) is 20.2 Å². The third kappa shape index (κ3) is 3.28. The first-order valence-corrected chi connectivity index (χ1v) is 5.98. The summed E-state index contributed by atoms with van der Waals surface area (Å²) in [5, 5.41) is 9.79. The average molecular weight is 275 g/mol. The summed E-state index contributed by atoms with van der Waals surface area (Å²) >= 11 is 3.21. The standard InChI is InChI=1S/C12H16BrFO/c1-3-4-12(15)8(2)10-6-5-9(13)7-11(10)14/h5-8,12,15H,3-4H2,1-2H3. The van der Waals surface area contributed by atoms with Crippen molar-refractivity contribution in [2.45, 2.75) is 38.7 Å². The SMILES string of the molecule is CCCC(O)C(C)c1ccc(Br)cc1F. The van der Waals surface area contributed by atoms with E-state index >= 15 is 0 Å². The summed E-state index contributed by atoms with van der Waals surface area (Å²) in [6, 6.07) is 4.96. The first kappa shape index (κ1) is 12.7. The molecule has 0 aliphatic rings. The van der Waals surface area contributed by atoms with E-state index in [0.29, 0.717) is 12.0 Å². The minimum absolute atomic E-state index is 0.155. The zero-order valence-electron chi connectivity index (χ0n) is 9.00. The summed E-state index contributed by atoms with van der Waals surface area (Å²) in [6.07, 6.45) is 1.14. The predicted octanol–water partition coefficient (Wildman–Crippen LogP) is 3.85. The minimum atomic E-state index is -0.467. The van der Waals surface area contributed by atoms with Gasteiger partial charge in [-0.15, -0.1) is 0 Å². The second kappa shape index (κ2) is 5.61. The number of halogens is 2. The van der Waals surface area contributed by atoms with Gasteiger partial charge in [-0.2, -0.15) is 0 Å². The molecule has 1 N–H and O–H groups in total. The molecule has 0 aromatic heterocycles. The van der Waals surface area contributed by atoms with E-state index in [1.165, 1.54) is 6.07 Å². The van der Waals surface area contributed by atoms with E-state index in [1.54, 1.807) is 12.1 Å². The molecule has 0 aliphatic carbocycles. The Kier molecular flexibility index (Phi) is 4.74. The molecule has 1 nitrogen and oxygen atoms in total. The molecule has 2 atom stereocenters. The van der Waals surface area contributed by atoms with Crippen LogP contribution in [0.1, 0.15) is 38.2 Å². The zero-order valence-corrected chi connectivity index (χ0v) is 10.6. The molecule has 0 saturated heterocycles. The van der Waals surface area contributed by atoms with E-state index in [-0.39, 0.29) is 11.7 Å². The second-order valence-electron chi connectivity index (χ2n) is 3.81. The number of benzene rings is 1. The van der Waals surface area contributed by atoms with Crippen molar-refractivity contribution in [1.29, 1.82) is 0 Å². The fourth-order valence-corrected chi connectivity index (χ4v) is 1.96. The van der Waals surface area contributed by atoms with Gasteiger partial charge in [0, 0.05) is 10.4 Å². The van der Waals surface area contributed by atoms with Gasteiger partial charge in [-0.05, 0) is 24.1 Å². The zero-order chi connectivity index (χ0) is 11.4. The van der Waals surface area contributed by atoms with Gasteiger partial charge in [-0.1, -0.05) is 42.3 Å². The molecule has 3 heteroatoms. The van der Waals surface area contributed by atoms with Gasteiger partial charge in [0.2, 0.25) is 0 Å². The Morgan fingerprint density at radius 1 is 1.47 bits per heavy atom. The minimum Gasteiger partial charge on any atom is -0.393 e. The van der Waals surface area contributed by atoms with Crippen molar-refractivity contribution in [3.8, 4) is 0 Å².